The van der Waals surface area contributed by atoms with Gasteiger partial charge in [0.25, 0.3) is 0 Å². The number of aromatic nitrogens is 2. The van der Waals surface area contributed by atoms with Crippen LogP contribution in [0.25, 0.3) is 10.7 Å². The summed E-state index contributed by atoms with van der Waals surface area (Å²) >= 11 is 7.45. The quantitative estimate of drug-likeness (QED) is 0.677. The summed E-state index contributed by atoms with van der Waals surface area (Å²) in [7, 11) is 1.90. The zero-order chi connectivity index (χ0) is 14.0. The van der Waals surface area contributed by atoms with E-state index in [2.05, 4.69) is 74.1 Å². The summed E-state index contributed by atoms with van der Waals surface area (Å²) in [6.45, 7) is 4.41. The van der Waals surface area contributed by atoms with Crippen molar-refractivity contribution in [3.05, 3.63) is 25.2 Å². The van der Waals surface area contributed by atoms with Crippen LogP contribution in [0.4, 0.5) is 5.82 Å². The zero-order valence-electron chi connectivity index (χ0n) is 11.0. The minimum Gasteiger partial charge on any atom is -0.372 e. The van der Waals surface area contributed by atoms with Gasteiger partial charge < -0.3 is 5.32 Å². The third kappa shape index (κ3) is 3.66. The molecule has 0 aliphatic heterocycles. The van der Waals surface area contributed by atoms with Crippen LogP contribution in [-0.2, 0) is 6.42 Å². The number of thiophene rings is 1. The number of nitrogens with zero attached hydrogens (tertiary/aromatic N) is 2. The maximum absolute atomic E-state index is 4.74. The Kier molecular flexibility index (Phi) is 5.19. The van der Waals surface area contributed by atoms with Crippen LogP contribution in [-0.4, -0.2) is 17.0 Å². The lowest BCUT2D eigenvalue weighted by atomic mass is 10.1. The number of hydrogen-bond acceptors (Lipinski definition) is 4. The van der Waals surface area contributed by atoms with Gasteiger partial charge in [0, 0.05) is 16.9 Å². The van der Waals surface area contributed by atoms with E-state index in [-0.39, 0.29) is 0 Å². The average Bonchev–Trinajstić information content (AvgIpc) is 2.78. The highest BCUT2D eigenvalue weighted by Gasteiger charge is 2.14. The molecule has 102 valence electrons. The first-order valence-electron chi connectivity index (χ1n) is 5.99. The lowest BCUT2D eigenvalue weighted by molar-refractivity contribution is 0.632. The van der Waals surface area contributed by atoms with Gasteiger partial charge in [0.2, 0.25) is 0 Å². The smallest absolute Gasteiger partial charge is 0.171 e. The molecule has 0 unspecified atom stereocenters. The van der Waals surface area contributed by atoms with Crippen LogP contribution in [0.5, 0.6) is 0 Å². The predicted octanol–water partition coefficient (Wildman–Crippen LogP) is 4.81. The van der Waals surface area contributed by atoms with E-state index >= 15 is 0 Å². The molecule has 0 spiro atoms. The van der Waals surface area contributed by atoms with Crippen molar-refractivity contribution >= 4 is 55.7 Å². The summed E-state index contributed by atoms with van der Waals surface area (Å²) in [5.74, 6) is 2.29. The summed E-state index contributed by atoms with van der Waals surface area (Å²) in [4.78, 5) is 10.4. The minimum absolute atomic E-state index is 0.580. The zero-order valence-corrected chi connectivity index (χ0v) is 15.6. The number of rotatable bonds is 4. The molecule has 0 amide bonds. The van der Waals surface area contributed by atoms with Gasteiger partial charge in [0.15, 0.2) is 5.82 Å². The summed E-state index contributed by atoms with van der Waals surface area (Å²) in [5, 5.41) is 5.21. The van der Waals surface area contributed by atoms with Crippen LogP contribution in [0.1, 0.15) is 19.5 Å². The Hall–Kier alpha value is -0.210. The lowest BCUT2D eigenvalue weighted by Gasteiger charge is -2.12. The van der Waals surface area contributed by atoms with Crippen molar-refractivity contribution in [2.24, 2.45) is 5.92 Å². The predicted molar refractivity (Wildman–Crippen MR) is 93.9 cm³/mol. The summed E-state index contributed by atoms with van der Waals surface area (Å²) in [6, 6.07) is 2.06. The van der Waals surface area contributed by atoms with Gasteiger partial charge in [-0.3, -0.25) is 0 Å². The highest BCUT2D eigenvalue weighted by Crippen LogP contribution is 2.30. The molecule has 0 aliphatic rings. The Balaban J connectivity index is 2.50. The molecule has 0 saturated carbocycles. The van der Waals surface area contributed by atoms with Crippen molar-refractivity contribution < 1.29 is 0 Å². The normalized spacial score (nSPS) is 11.1. The molecule has 2 heterocycles. The highest BCUT2D eigenvalue weighted by molar-refractivity contribution is 14.1. The third-order valence-electron chi connectivity index (χ3n) is 2.55. The van der Waals surface area contributed by atoms with E-state index < -0.39 is 0 Å². The molecule has 1 N–H and O–H groups in total. The molecule has 2 rings (SSSR count). The first-order valence-corrected chi connectivity index (χ1v) is 8.75. The molecular formula is C13H15BrIN3S. The van der Waals surface area contributed by atoms with E-state index in [1.165, 1.54) is 0 Å². The second-order valence-corrected chi connectivity index (χ2v) is 7.54. The number of anilines is 1. The van der Waals surface area contributed by atoms with Crippen LogP contribution >= 0.6 is 49.9 Å². The Bertz CT molecular complexity index is 583. The molecule has 3 nitrogen and oxygen atoms in total. The molecule has 19 heavy (non-hydrogen) atoms. The molecule has 2 aromatic rings. The van der Waals surface area contributed by atoms with Crippen molar-refractivity contribution in [3.63, 3.8) is 0 Å². The van der Waals surface area contributed by atoms with Crippen LogP contribution < -0.4 is 5.32 Å². The molecular weight excluding hydrogens is 437 g/mol. The maximum atomic E-state index is 4.74. The van der Waals surface area contributed by atoms with Crippen molar-refractivity contribution in [1.82, 2.24) is 9.97 Å². The molecule has 0 saturated heterocycles. The summed E-state index contributed by atoms with van der Waals surface area (Å²) < 4.78 is 2.19. The molecule has 0 fully saturated rings. The Morgan fingerprint density at radius 2 is 2.16 bits per heavy atom. The van der Waals surface area contributed by atoms with Crippen LogP contribution in [0.2, 0.25) is 0 Å². The van der Waals surface area contributed by atoms with Gasteiger partial charge in [0.1, 0.15) is 5.82 Å². The van der Waals surface area contributed by atoms with E-state index in [0.29, 0.717) is 5.92 Å². The minimum atomic E-state index is 0.580. The standard InChI is InChI=1S/C13H15BrIN3S/c1-7(2)4-9-11(15)13(16-3)18-12(17-9)10-5-8(14)6-19-10/h5-7H,4H2,1-3H3,(H,16,17,18). The van der Waals surface area contributed by atoms with E-state index in [0.717, 1.165) is 36.7 Å². The van der Waals surface area contributed by atoms with Crippen LogP contribution in [0.15, 0.2) is 15.9 Å². The van der Waals surface area contributed by atoms with Gasteiger partial charge in [-0.2, -0.15) is 0 Å². The van der Waals surface area contributed by atoms with Gasteiger partial charge in [-0.25, -0.2) is 9.97 Å². The maximum Gasteiger partial charge on any atom is 0.171 e. The molecule has 0 radical (unpaired) electrons. The SMILES string of the molecule is CNc1nc(-c2cc(Br)cs2)nc(CC(C)C)c1I. The van der Waals surface area contributed by atoms with Gasteiger partial charge in [-0.1, -0.05) is 13.8 Å². The van der Waals surface area contributed by atoms with Crippen molar-refractivity contribution in [2.45, 2.75) is 20.3 Å². The van der Waals surface area contributed by atoms with Crippen LogP contribution in [0, 0.1) is 9.49 Å². The second-order valence-electron chi connectivity index (χ2n) is 4.63. The largest absolute Gasteiger partial charge is 0.372 e. The topological polar surface area (TPSA) is 37.8 Å². The first-order chi connectivity index (χ1) is 9.01. The summed E-state index contributed by atoms with van der Waals surface area (Å²) in [6.07, 6.45) is 0.967. The molecule has 0 aromatic carbocycles. The fraction of sp³-hybridized carbons (Fsp3) is 0.385. The van der Waals surface area contributed by atoms with Crippen molar-refractivity contribution in [1.29, 1.82) is 0 Å². The van der Waals surface area contributed by atoms with Crippen molar-refractivity contribution in [2.75, 3.05) is 12.4 Å². The molecule has 6 heteroatoms. The van der Waals surface area contributed by atoms with Gasteiger partial charge in [0.05, 0.1) is 14.1 Å². The fourth-order valence-electron chi connectivity index (χ4n) is 1.72. The number of nitrogens with one attached hydrogen (secondary N) is 1. The Morgan fingerprint density at radius 1 is 1.42 bits per heavy atom. The van der Waals surface area contributed by atoms with Gasteiger partial charge in [-0.05, 0) is 56.9 Å². The molecule has 0 bridgehead atoms. The molecule has 2 aromatic heterocycles. The van der Waals surface area contributed by atoms with Crippen LogP contribution in [0.3, 0.4) is 0 Å². The summed E-state index contributed by atoms with van der Waals surface area (Å²) in [5.41, 5.74) is 1.12. The Morgan fingerprint density at radius 3 is 2.68 bits per heavy atom. The van der Waals surface area contributed by atoms with E-state index in [1.807, 2.05) is 7.05 Å². The number of hydrogen-bond donors (Lipinski definition) is 1. The second kappa shape index (κ2) is 6.49. The van der Waals surface area contributed by atoms with E-state index in [1.54, 1.807) is 11.3 Å². The highest BCUT2D eigenvalue weighted by atomic mass is 127. The monoisotopic (exact) mass is 451 g/mol. The van der Waals surface area contributed by atoms with Crippen molar-refractivity contribution in [3.8, 4) is 10.7 Å². The number of halogens is 2. The average molecular weight is 452 g/mol. The fourth-order valence-corrected chi connectivity index (χ4v) is 3.81. The molecule has 0 atom stereocenters. The van der Waals surface area contributed by atoms with Gasteiger partial charge >= 0.3 is 0 Å². The van der Waals surface area contributed by atoms with E-state index in [4.69, 9.17) is 4.98 Å². The van der Waals surface area contributed by atoms with Gasteiger partial charge in [-0.15, -0.1) is 11.3 Å². The Labute approximate surface area is 139 Å². The van der Waals surface area contributed by atoms with E-state index in [9.17, 15) is 0 Å². The lowest BCUT2D eigenvalue weighted by Crippen LogP contribution is -2.07. The molecule has 0 aliphatic carbocycles. The first kappa shape index (κ1) is 15.2. The third-order valence-corrected chi connectivity index (χ3v) is 5.37.